The van der Waals surface area contributed by atoms with Crippen LogP contribution in [0, 0.1) is 6.92 Å². The number of ether oxygens (including phenoxy) is 1. The second kappa shape index (κ2) is 6.98. The average molecular weight is 298 g/mol. The highest BCUT2D eigenvalue weighted by molar-refractivity contribution is 5.94. The molecule has 0 spiro atoms. The number of carbonyl (C=O) groups is 1. The molecule has 2 aromatic rings. The van der Waals surface area contributed by atoms with Gasteiger partial charge in [-0.15, -0.1) is 0 Å². The molecule has 1 amide bonds. The zero-order valence-electron chi connectivity index (χ0n) is 13.5. The fraction of sp³-hybridized carbons (Fsp3) is 0.278. The Morgan fingerprint density at radius 3 is 2.41 bits per heavy atom. The largest absolute Gasteiger partial charge is 0.481 e. The molecule has 2 aromatic carbocycles. The van der Waals surface area contributed by atoms with Gasteiger partial charge in [-0.2, -0.15) is 0 Å². The Balaban J connectivity index is 1.96. The first-order chi connectivity index (χ1) is 10.5. The third kappa shape index (κ3) is 4.25. The van der Waals surface area contributed by atoms with E-state index >= 15 is 0 Å². The highest BCUT2D eigenvalue weighted by Gasteiger charge is 2.15. The predicted molar refractivity (Wildman–Crippen MR) is 90.7 cm³/mol. The van der Waals surface area contributed by atoms with Crippen molar-refractivity contribution in [2.45, 2.75) is 20.0 Å². The summed E-state index contributed by atoms with van der Waals surface area (Å²) in [5.74, 6) is 0.532. The summed E-state index contributed by atoms with van der Waals surface area (Å²) in [4.78, 5) is 14.2. The second-order valence-corrected chi connectivity index (χ2v) is 5.51. The van der Waals surface area contributed by atoms with Gasteiger partial charge >= 0.3 is 0 Å². The Morgan fingerprint density at radius 1 is 1.14 bits per heavy atom. The molecule has 1 N–H and O–H groups in total. The van der Waals surface area contributed by atoms with Gasteiger partial charge in [-0.25, -0.2) is 0 Å². The minimum Gasteiger partial charge on any atom is -0.481 e. The molecular weight excluding hydrogens is 276 g/mol. The summed E-state index contributed by atoms with van der Waals surface area (Å²) >= 11 is 0. The Kier molecular flexibility index (Phi) is 5.04. The molecule has 0 aromatic heterocycles. The van der Waals surface area contributed by atoms with Crippen LogP contribution in [0.1, 0.15) is 12.5 Å². The Morgan fingerprint density at radius 2 is 1.82 bits per heavy atom. The van der Waals surface area contributed by atoms with Crippen molar-refractivity contribution in [2.75, 3.05) is 24.3 Å². The van der Waals surface area contributed by atoms with E-state index in [9.17, 15) is 4.79 Å². The molecule has 116 valence electrons. The summed E-state index contributed by atoms with van der Waals surface area (Å²) in [5, 5.41) is 2.86. The smallest absolute Gasteiger partial charge is 0.265 e. The summed E-state index contributed by atoms with van der Waals surface area (Å²) in [6, 6.07) is 15.3. The Labute approximate surface area is 131 Å². The van der Waals surface area contributed by atoms with Crippen molar-refractivity contribution in [3.63, 3.8) is 0 Å². The van der Waals surface area contributed by atoms with Crippen LogP contribution in [0.2, 0.25) is 0 Å². The van der Waals surface area contributed by atoms with E-state index in [0.29, 0.717) is 5.75 Å². The van der Waals surface area contributed by atoms with E-state index in [2.05, 4.69) is 5.32 Å². The lowest BCUT2D eigenvalue weighted by atomic mass is 10.2. The van der Waals surface area contributed by atoms with E-state index in [1.165, 1.54) is 0 Å². The highest BCUT2D eigenvalue weighted by atomic mass is 16.5. The number of hydrogen-bond donors (Lipinski definition) is 1. The number of anilines is 2. The van der Waals surface area contributed by atoms with Gasteiger partial charge in [0, 0.05) is 25.5 Å². The number of rotatable bonds is 5. The molecule has 1 atom stereocenters. The van der Waals surface area contributed by atoms with Crippen molar-refractivity contribution in [1.29, 1.82) is 0 Å². The van der Waals surface area contributed by atoms with E-state index < -0.39 is 6.10 Å². The van der Waals surface area contributed by atoms with Crippen LogP contribution in [0.3, 0.4) is 0 Å². The van der Waals surface area contributed by atoms with Crippen molar-refractivity contribution in [1.82, 2.24) is 0 Å². The molecule has 0 heterocycles. The van der Waals surface area contributed by atoms with Gasteiger partial charge in [0.2, 0.25) is 0 Å². The molecule has 2 rings (SSSR count). The molecular formula is C18H22N2O2. The fourth-order valence-electron chi connectivity index (χ4n) is 2.03. The van der Waals surface area contributed by atoms with Gasteiger partial charge < -0.3 is 15.0 Å². The summed E-state index contributed by atoms with van der Waals surface area (Å²) < 4.78 is 5.67. The lowest BCUT2D eigenvalue weighted by Crippen LogP contribution is -2.30. The SMILES string of the molecule is Cc1cccc(OC(C)C(=O)Nc2ccc(N(C)C)cc2)c1. The minimum atomic E-state index is -0.560. The van der Waals surface area contributed by atoms with Crippen LogP contribution < -0.4 is 15.0 Å². The fourth-order valence-corrected chi connectivity index (χ4v) is 2.03. The summed E-state index contributed by atoms with van der Waals surface area (Å²) in [6.45, 7) is 3.73. The van der Waals surface area contributed by atoms with Gasteiger partial charge in [0.25, 0.3) is 5.91 Å². The Hall–Kier alpha value is -2.49. The van der Waals surface area contributed by atoms with Gasteiger partial charge in [-0.05, 0) is 55.8 Å². The van der Waals surface area contributed by atoms with Gasteiger partial charge in [-0.1, -0.05) is 12.1 Å². The third-order valence-electron chi connectivity index (χ3n) is 3.32. The number of hydrogen-bond acceptors (Lipinski definition) is 3. The first-order valence-corrected chi connectivity index (χ1v) is 7.27. The molecule has 0 radical (unpaired) electrons. The van der Waals surface area contributed by atoms with Crippen LogP contribution in [0.5, 0.6) is 5.75 Å². The van der Waals surface area contributed by atoms with Crippen LogP contribution in [0.15, 0.2) is 48.5 Å². The highest BCUT2D eigenvalue weighted by Crippen LogP contribution is 2.17. The van der Waals surface area contributed by atoms with Crippen LogP contribution in [-0.2, 0) is 4.79 Å². The summed E-state index contributed by atoms with van der Waals surface area (Å²) in [7, 11) is 3.96. The molecule has 0 bridgehead atoms. The standard InChI is InChI=1S/C18H22N2O2/c1-13-6-5-7-17(12-13)22-14(2)18(21)19-15-8-10-16(11-9-15)20(3)4/h5-12,14H,1-4H3,(H,19,21). The molecule has 22 heavy (non-hydrogen) atoms. The maximum atomic E-state index is 12.2. The van der Waals surface area contributed by atoms with Crippen molar-refractivity contribution in [3.05, 3.63) is 54.1 Å². The molecule has 0 aliphatic rings. The van der Waals surface area contributed by atoms with E-state index in [1.54, 1.807) is 6.92 Å². The van der Waals surface area contributed by atoms with Gasteiger partial charge in [0.1, 0.15) is 5.75 Å². The quantitative estimate of drug-likeness (QED) is 0.919. The van der Waals surface area contributed by atoms with Crippen LogP contribution in [0.25, 0.3) is 0 Å². The maximum absolute atomic E-state index is 12.2. The van der Waals surface area contributed by atoms with Crippen LogP contribution >= 0.6 is 0 Å². The number of amides is 1. The molecule has 0 saturated heterocycles. The van der Waals surface area contributed by atoms with Crippen molar-refractivity contribution >= 4 is 17.3 Å². The zero-order chi connectivity index (χ0) is 16.1. The average Bonchev–Trinajstić information content (AvgIpc) is 2.47. The van der Waals surface area contributed by atoms with Crippen LogP contribution in [0.4, 0.5) is 11.4 Å². The molecule has 4 nitrogen and oxygen atoms in total. The van der Waals surface area contributed by atoms with Gasteiger partial charge in [-0.3, -0.25) is 4.79 Å². The predicted octanol–water partition coefficient (Wildman–Crippen LogP) is 3.47. The zero-order valence-corrected chi connectivity index (χ0v) is 13.5. The van der Waals surface area contributed by atoms with Crippen molar-refractivity contribution in [3.8, 4) is 5.75 Å². The molecule has 0 fully saturated rings. The lowest BCUT2D eigenvalue weighted by Gasteiger charge is -2.16. The maximum Gasteiger partial charge on any atom is 0.265 e. The molecule has 0 saturated carbocycles. The van der Waals surface area contributed by atoms with E-state index in [1.807, 2.05) is 74.4 Å². The van der Waals surface area contributed by atoms with E-state index in [-0.39, 0.29) is 5.91 Å². The topological polar surface area (TPSA) is 41.6 Å². The molecule has 0 aliphatic carbocycles. The van der Waals surface area contributed by atoms with Gasteiger partial charge in [0.15, 0.2) is 6.10 Å². The number of nitrogens with zero attached hydrogens (tertiary/aromatic N) is 1. The van der Waals surface area contributed by atoms with Crippen molar-refractivity contribution < 1.29 is 9.53 Å². The first-order valence-electron chi connectivity index (χ1n) is 7.27. The monoisotopic (exact) mass is 298 g/mol. The van der Waals surface area contributed by atoms with E-state index in [0.717, 1.165) is 16.9 Å². The summed E-state index contributed by atoms with van der Waals surface area (Å²) in [6.07, 6.45) is -0.560. The second-order valence-electron chi connectivity index (χ2n) is 5.51. The minimum absolute atomic E-state index is 0.167. The number of nitrogens with one attached hydrogen (secondary N) is 1. The first kappa shape index (κ1) is 15.9. The van der Waals surface area contributed by atoms with E-state index in [4.69, 9.17) is 4.74 Å². The number of aryl methyl sites for hydroxylation is 1. The normalized spacial score (nSPS) is 11.6. The van der Waals surface area contributed by atoms with Crippen molar-refractivity contribution in [2.24, 2.45) is 0 Å². The van der Waals surface area contributed by atoms with Gasteiger partial charge in [0.05, 0.1) is 0 Å². The Bertz CT molecular complexity index is 636. The molecule has 0 aliphatic heterocycles. The molecule has 4 heteroatoms. The van der Waals surface area contributed by atoms with Crippen LogP contribution in [-0.4, -0.2) is 26.1 Å². The number of carbonyl (C=O) groups excluding carboxylic acids is 1. The number of benzene rings is 2. The molecule has 1 unspecified atom stereocenters. The summed E-state index contributed by atoms with van der Waals surface area (Å²) in [5.41, 5.74) is 2.95. The third-order valence-corrected chi connectivity index (χ3v) is 3.32. The lowest BCUT2D eigenvalue weighted by molar-refractivity contribution is -0.122.